The van der Waals surface area contributed by atoms with Crippen LogP contribution in [0.2, 0.25) is 0 Å². The summed E-state index contributed by atoms with van der Waals surface area (Å²) in [5.41, 5.74) is 2.15. The molecular weight excluding hydrogens is 603 g/mol. The van der Waals surface area contributed by atoms with Gasteiger partial charge in [0, 0.05) is 0 Å². The van der Waals surface area contributed by atoms with E-state index in [4.69, 9.17) is 18.6 Å². The molecule has 12 heteroatoms. The number of nitrogens with zero attached hydrogens (tertiary/aromatic N) is 4. The van der Waals surface area contributed by atoms with Gasteiger partial charge in [-0.25, -0.2) is 0 Å². The highest BCUT2D eigenvalue weighted by Crippen LogP contribution is 2.34. The molecule has 0 saturated heterocycles. The standard InChI is InChI=1S/C26H36N6O5.HI/c1-16-10-11-17(26(2,3)4)14-19(16)37-25-28-18(15-36-25)21(33)29-20-22(34-8)30-24(31-23(20)35-9)27-12-13-32(5,6)7;/h10-11,14-15H,12-13H2,1-9H3,(H-,27,29,30,31,33);1H. The number of methoxy groups -OCH3 is 2. The molecule has 0 aliphatic carbocycles. The fourth-order valence-electron chi connectivity index (χ4n) is 3.26. The smallest absolute Gasteiger partial charge is 0.399 e. The molecular formula is C26H37IN6O5. The van der Waals surface area contributed by atoms with E-state index >= 15 is 0 Å². The number of quaternary nitrogens is 1. The molecule has 0 radical (unpaired) electrons. The first-order chi connectivity index (χ1) is 17.3. The minimum atomic E-state index is -0.565. The van der Waals surface area contributed by atoms with Gasteiger partial charge in [-0.3, -0.25) is 4.79 Å². The zero-order valence-corrected chi connectivity index (χ0v) is 25.6. The molecule has 2 aromatic heterocycles. The molecule has 38 heavy (non-hydrogen) atoms. The molecule has 3 rings (SSSR count). The molecule has 0 saturated carbocycles. The van der Waals surface area contributed by atoms with Crippen molar-refractivity contribution in [2.75, 3.05) is 59.1 Å². The summed E-state index contributed by atoms with van der Waals surface area (Å²) in [5, 5.41) is 5.85. The maximum atomic E-state index is 13.0. The third kappa shape index (κ3) is 8.18. The molecule has 0 aliphatic rings. The van der Waals surface area contributed by atoms with Gasteiger partial charge in [0.2, 0.25) is 17.7 Å². The molecule has 1 amide bonds. The first-order valence-corrected chi connectivity index (χ1v) is 11.9. The second-order valence-corrected chi connectivity index (χ2v) is 10.7. The Morgan fingerprint density at radius 1 is 1.05 bits per heavy atom. The quantitative estimate of drug-likeness (QED) is 0.249. The number of ether oxygens (including phenoxy) is 3. The lowest BCUT2D eigenvalue weighted by Gasteiger charge is -2.23. The summed E-state index contributed by atoms with van der Waals surface area (Å²) in [7, 11) is 9.17. The van der Waals surface area contributed by atoms with Crippen LogP contribution in [-0.2, 0) is 5.41 Å². The molecule has 0 aliphatic heterocycles. The number of oxazole rings is 1. The highest BCUT2D eigenvalue weighted by molar-refractivity contribution is 6.04. The lowest BCUT2D eigenvalue weighted by atomic mass is 9.86. The maximum absolute atomic E-state index is 13.0. The van der Waals surface area contributed by atoms with Crippen LogP contribution in [0.5, 0.6) is 23.6 Å². The fraction of sp³-hybridized carbons (Fsp3) is 0.462. The molecule has 2 heterocycles. The number of rotatable bonds is 10. The van der Waals surface area contributed by atoms with E-state index in [-0.39, 0.29) is 58.6 Å². The topological polar surface area (TPSA) is 121 Å². The maximum Gasteiger partial charge on any atom is 0.399 e. The van der Waals surface area contributed by atoms with Crippen LogP contribution in [0.1, 0.15) is 42.4 Å². The van der Waals surface area contributed by atoms with Crippen LogP contribution in [0.25, 0.3) is 0 Å². The number of aromatic nitrogens is 3. The van der Waals surface area contributed by atoms with Crippen LogP contribution in [-0.4, -0.2) is 73.8 Å². The minimum absolute atomic E-state index is 0. The molecule has 11 nitrogen and oxygen atoms in total. The van der Waals surface area contributed by atoms with E-state index in [2.05, 4.69) is 73.6 Å². The molecule has 3 aromatic rings. The van der Waals surface area contributed by atoms with Crippen molar-refractivity contribution in [2.45, 2.75) is 33.1 Å². The monoisotopic (exact) mass is 640 g/mol. The summed E-state index contributed by atoms with van der Waals surface area (Å²) in [6.07, 6.45) is 1.17. The van der Waals surface area contributed by atoms with Crippen LogP contribution in [0.3, 0.4) is 0 Å². The van der Waals surface area contributed by atoms with Crippen molar-refractivity contribution < 1.29 is 51.9 Å². The van der Waals surface area contributed by atoms with Gasteiger partial charge in [0.05, 0.1) is 48.5 Å². The number of benzene rings is 1. The second-order valence-electron chi connectivity index (χ2n) is 10.7. The Hall–Kier alpha value is -3.13. The Bertz CT molecular complexity index is 1220. The van der Waals surface area contributed by atoms with Gasteiger partial charge in [0.25, 0.3) is 5.91 Å². The van der Waals surface area contributed by atoms with Crippen molar-refractivity contribution >= 4 is 17.5 Å². The molecule has 0 atom stereocenters. The number of hydrogen-bond donors (Lipinski definition) is 2. The van der Waals surface area contributed by atoms with Crippen molar-refractivity contribution in [1.82, 2.24) is 15.0 Å². The highest BCUT2D eigenvalue weighted by atomic mass is 127. The zero-order valence-electron chi connectivity index (χ0n) is 23.4. The highest BCUT2D eigenvalue weighted by Gasteiger charge is 2.23. The third-order valence-electron chi connectivity index (χ3n) is 5.50. The van der Waals surface area contributed by atoms with Crippen molar-refractivity contribution in [3.05, 3.63) is 41.3 Å². The summed E-state index contributed by atoms with van der Waals surface area (Å²) >= 11 is 0. The van der Waals surface area contributed by atoms with E-state index in [9.17, 15) is 4.79 Å². The Morgan fingerprint density at radius 3 is 2.24 bits per heavy atom. The van der Waals surface area contributed by atoms with E-state index in [0.29, 0.717) is 18.2 Å². The summed E-state index contributed by atoms with van der Waals surface area (Å²) in [6.45, 7) is 9.78. The summed E-state index contributed by atoms with van der Waals surface area (Å²) in [5.74, 6) is 0.645. The van der Waals surface area contributed by atoms with E-state index in [0.717, 1.165) is 22.2 Å². The van der Waals surface area contributed by atoms with Gasteiger partial charge in [0.15, 0.2) is 11.4 Å². The van der Waals surface area contributed by atoms with E-state index in [1.165, 1.54) is 20.5 Å². The molecule has 208 valence electrons. The van der Waals surface area contributed by atoms with Crippen molar-refractivity contribution in [3.8, 4) is 23.6 Å². The van der Waals surface area contributed by atoms with Gasteiger partial charge >= 0.3 is 6.08 Å². The summed E-state index contributed by atoms with van der Waals surface area (Å²) in [6, 6.07) is 5.98. The third-order valence-corrected chi connectivity index (χ3v) is 5.50. The number of halogens is 1. The van der Waals surface area contributed by atoms with Gasteiger partial charge in [-0.1, -0.05) is 32.9 Å². The van der Waals surface area contributed by atoms with Gasteiger partial charge < -0.3 is 57.7 Å². The lowest BCUT2D eigenvalue weighted by molar-refractivity contribution is -0.868. The number of carbonyl (C=O) groups excluding carboxylic acids is 1. The summed E-state index contributed by atoms with van der Waals surface area (Å²) < 4.78 is 22.8. The van der Waals surface area contributed by atoms with Crippen LogP contribution in [0.4, 0.5) is 11.6 Å². The number of anilines is 2. The Kier molecular flexibility index (Phi) is 10.3. The predicted octanol–water partition coefficient (Wildman–Crippen LogP) is 1.25. The Morgan fingerprint density at radius 2 is 1.68 bits per heavy atom. The number of amides is 1. The van der Waals surface area contributed by atoms with Crippen LogP contribution < -0.4 is 48.8 Å². The van der Waals surface area contributed by atoms with Gasteiger partial charge in [-0.15, -0.1) is 0 Å². The molecule has 0 fully saturated rings. The van der Waals surface area contributed by atoms with Gasteiger partial charge in [0.1, 0.15) is 12.0 Å². The van der Waals surface area contributed by atoms with Crippen LogP contribution in [0.15, 0.2) is 28.9 Å². The van der Waals surface area contributed by atoms with Crippen molar-refractivity contribution in [3.63, 3.8) is 0 Å². The van der Waals surface area contributed by atoms with Crippen molar-refractivity contribution in [2.24, 2.45) is 0 Å². The molecule has 2 N–H and O–H groups in total. The predicted molar refractivity (Wildman–Crippen MR) is 141 cm³/mol. The largest absolute Gasteiger partial charge is 1.00 e. The minimum Gasteiger partial charge on any atom is -1.00 e. The van der Waals surface area contributed by atoms with E-state index in [1.807, 2.05) is 19.1 Å². The number of carbonyl (C=O) groups is 1. The first-order valence-electron chi connectivity index (χ1n) is 11.9. The Labute approximate surface area is 240 Å². The SMILES string of the molecule is COc1nc(NCC[N+](C)(C)C)nc(OC)c1NC(=O)c1coc(Oc2cc(C(C)(C)C)ccc2C)n1.[I-]. The lowest BCUT2D eigenvalue weighted by Crippen LogP contribution is -3.00. The number of likely N-dealkylation sites (N-methyl/N-ethyl adjacent to an activating group) is 1. The van der Waals surface area contributed by atoms with Crippen LogP contribution >= 0.6 is 0 Å². The fourth-order valence-corrected chi connectivity index (χ4v) is 3.26. The zero-order chi connectivity index (χ0) is 27.4. The average molecular weight is 641 g/mol. The normalized spacial score (nSPS) is 11.4. The second kappa shape index (κ2) is 12.6. The molecule has 0 bridgehead atoms. The first kappa shape index (κ1) is 31.1. The molecule has 1 aromatic carbocycles. The van der Waals surface area contributed by atoms with E-state index < -0.39 is 5.91 Å². The molecule has 0 unspecified atom stereocenters. The number of aryl methyl sites for hydroxylation is 1. The van der Waals surface area contributed by atoms with Crippen molar-refractivity contribution in [1.29, 1.82) is 0 Å². The van der Waals surface area contributed by atoms with Gasteiger partial charge in [-0.05, 0) is 29.5 Å². The van der Waals surface area contributed by atoms with E-state index in [1.54, 1.807) is 0 Å². The number of hydrogen-bond acceptors (Lipinski definition) is 9. The number of nitrogens with one attached hydrogen (secondary N) is 2. The Balaban J connectivity index is 0.00000507. The van der Waals surface area contributed by atoms with Crippen LogP contribution in [0, 0.1) is 6.92 Å². The average Bonchev–Trinajstić information content (AvgIpc) is 3.28. The summed E-state index contributed by atoms with van der Waals surface area (Å²) in [4.78, 5) is 25.9. The molecule has 0 spiro atoms. The van der Waals surface area contributed by atoms with Gasteiger partial charge in [-0.2, -0.15) is 15.0 Å².